The highest BCUT2D eigenvalue weighted by atomic mass is 35.5. The SMILES string of the molecule is COc1ccccc1Sc1ccc(C=CC(=O)N(C(=O)CCCC(=O)O)C2CCNCC2)c(Cl)c1Cl. The van der Waals surface area contributed by atoms with Crippen molar-refractivity contribution in [3.63, 3.8) is 0 Å². The molecule has 1 aliphatic heterocycles. The Morgan fingerprint density at radius 3 is 2.50 bits per heavy atom. The highest BCUT2D eigenvalue weighted by Crippen LogP contribution is 2.42. The lowest BCUT2D eigenvalue weighted by Gasteiger charge is -2.32. The molecule has 0 radical (unpaired) electrons. The number of carbonyl (C=O) groups is 3. The molecule has 0 unspecified atom stereocenters. The number of rotatable bonds is 10. The molecule has 1 aliphatic rings. The van der Waals surface area contributed by atoms with Crippen molar-refractivity contribution in [2.75, 3.05) is 20.2 Å². The maximum atomic E-state index is 13.1. The molecular formula is C26H28Cl2N2O5S. The number of hydrogen-bond acceptors (Lipinski definition) is 6. The van der Waals surface area contributed by atoms with E-state index in [1.54, 1.807) is 19.3 Å². The van der Waals surface area contributed by atoms with Crippen LogP contribution in [-0.4, -0.2) is 54.0 Å². The zero-order chi connectivity index (χ0) is 26.1. The zero-order valence-corrected chi connectivity index (χ0v) is 22.2. The number of hydrogen-bond donors (Lipinski definition) is 2. The van der Waals surface area contributed by atoms with Gasteiger partial charge in [-0.15, -0.1) is 0 Å². The van der Waals surface area contributed by atoms with E-state index in [2.05, 4.69) is 5.32 Å². The molecule has 0 bridgehead atoms. The van der Waals surface area contributed by atoms with Crippen LogP contribution in [0.25, 0.3) is 6.08 Å². The normalized spacial score (nSPS) is 14.1. The fraction of sp³-hybridized carbons (Fsp3) is 0.346. The van der Waals surface area contributed by atoms with E-state index in [0.29, 0.717) is 41.5 Å². The van der Waals surface area contributed by atoms with Gasteiger partial charge in [-0.1, -0.05) is 53.2 Å². The van der Waals surface area contributed by atoms with Gasteiger partial charge in [0.2, 0.25) is 5.91 Å². The summed E-state index contributed by atoms with van der Waals surface area (Å²) in [6.07, 6.45) is 4.21. The molecule has 1 saturated heterocycles. The number of nitrogens with one attached hydrogen (secondary N) is 1. The van der Waals surface area contributed by atoms with Crippen molar-refractivity contribution < 1.29 is 24.2 Å². The van der Waals surface area contributed by atoms with Crippen molar-refractivity contribution in [2.24, 2.45) is 0 Å². The summed E-state index contributed by atoms with van der Waals surface area (Å²) < 4.78 is 5.39. The minimum Gasteiger partial charge on any atom is -0.496 e. The number of ether oxygens (including phenoxy) is 1. The van der Waals surface area contributed by atoms with Gasteiger partial charge in [-0.25, -0.2) is 0 Å². The van der Waals surface area contributed by atoms with E-state index in [1.807, 2.05) is 30.3 Å². The monoisotopic (exact) mass is 550 g/mol. The minimum absolute atomic E-state index is 0.00272. The highest BCUT2D eigenvalue weighted by Gasteiger charge is 2.29. The Balaban J connectivity index is 1.77. The van der Waals surface area contributed by atoms with Crippen LogP contribution in [0.3, 0.4) is 0 Å². The van der Waals surface area contributed by atoms with Gasteiger partial charge < -0.3 is 15.2 Å². The summed E-state index contributed by atoms with van der Waals surface area (Å²) in [6, 6.07) is 10.9. The van der Waals surface area contributed by atoms with Crippen LogP contribution in [-0.2, 0) is 14.4 Å². The first kappa shape index (κ1) is 28.1. The first-order chi connectivity index (χ1) is 17.3. The molecule has 0 spiro atoms. The number of carbonyl (C=O) groups excluding carboxylic acids is 2. The van der Waals surface area contributed by atoms with Crippen LogP contribution in [0.4, 0.5) is 0 Å². The Bertz CT molecular complexity index is 1140. The summed E-state index contributed by atoms with van der Waals surface area (Å²) in [6.45, 7) is 1.40. The molecule has 192 valence electrons. The standard InChI is InChI=1S/C26H28Cl2N2O5S/c1-35-19-5-2-3-6-20(19)36-21-11-9-17(25(27)26(21)28)10-12-23(32)30(18-13-15-29-16-14-18)22(31)7-4-8-24(33)34/h2-3,5-6,9-12,18,29H,4,7-8,13-16H2,1H3,(H,33,34). The number of methoxy groups -OCH3 is 1. The molecule has 7 nitrogen and oxygen atoms in total. The van der Waals surface area contributed by atoms with Crippen LogP contribution in [0, 0.1) is 0 Å². The average molecular weight is 551 g/mol. The number of imide groups is 1. The van der Waals surface area contributed by atoms with Gasteiger partial charge in [-0.3, -0.25) is 19.3 Å². The number of aliphatic carboxylic acids is 1. The van der Waals surface area contributed by atoms with Crippen LogP contribution in [0.15, 0.2) is 52.3 Å². The Morgan fingerprint density at radius 1 is 1.08 bits per heavy atom. The second-order valence-electron chi connectivity index (χ2n) is 8.20. The first-order valence-corrected chi connectivity index (χ1v) is 13.1. The summed E-state index contributed by atoms with van der Waals surface area (Å²) in [5, 5.41) is 12.7. The van der Waals surface area contributed by atoms with Crippen molar-refractivity contribution >= 4 is 58.8 Å². The third kappa shape index (κ3) is 7.49. The van der Waals surface area contributed by atoms with E-state index in [1.165, 1.54) is 22.7 Å². The van der Waals surface area contributed by atoms with Gasteiger partial charge in [-0.05, 0) is 62.2 Å². The largest absolute Gasteiger partial charge is 0.496 e. The molecular weight excluding hydrogens is 523 g/mol. The quantitative estimate of drug-likeness (QED) is 0.375. The molecule has 10 heteroatoms. The molecule has 2 amide bonds. The fourth-order valence-electron chi connectivity index (χ4n) is 3.90. The Hall–Kier alpha value is -2.52. The number of amides is 2. The number of carboxylic acid groups (broad SMARTS) is 1. The van der Waals surface area contributed by atoms with E-state index in [9.17, 15) is 14.4 Å². The Kier molecular flexibility index (Phi) is 10.7. The number of benzene rings is 2. The summed E-state index contributed by atoms with van der Waals surface area (Å²) in [4.78, 5) is 39.7. The predicted molar refractivity (Wildman–Crippen MR) is 142 cm³/mol. The van der Waals surface area contributed by atoms with Crippen LogP contribution < -0.4 is 10.1 Å². The van der Waals surface area contributed by atoms with Gasteiger partial charge in [0.1, 0.15) is 5.75 Å². The van der Waals surface area contributed by atoms with E-state index < -0.39 is 11.9 Å². The van der Waals surface area contributed by atoms with E-state index in [-0.39, 0.29) is 31.2 Å². The van der Waals surface area contributed by atoms with Crippen LogP contribution in [0.5, 0.6) is 5.75 Å². The molecule has 1 heterocycles. The summed E-state index contributed by atoms with van der Waals surface area (Å²) >= 11 is 14.5. The molecule has 0 saturated carbocycles. The van der Waals surface area contributed by atoms with Crippen LogP contribution in [0.1, 0.15) is 37.7 Å². The second-order valence-corrected chi connectivity index (χ2v) is 10.0. The lowest BCUT2D eigenvalue weighted by Crippen LogP contribution is -2.48. The molecule has 0 aromatic heterocycles. The fourth-order valence-corrected chi connectivity index (χ4v) is 5.43. The van der Waals surface area contributed by atoms with Crippen molar-refractivity contribution in [3.05, 3.63) is 58.1 Å². The van der Waals surface area contributed by atoms with Crippen molar-refractivity contribution in [2.45, 2.75) is 47.9 Å². The zero-order valence-electron chi connectivity index (χ0n) is 19.8. The molecule has 3 rings (SSSR count). The third-order valence-electron chi connectivity index (χ3n) is 5.73. The lowest BCUT2D eigenvalue weighted by atomic mass is 10.0. The van der Waals surface area contributed by atoms with E-state index in [0.717, 1.165) is 15.5 Å². The first-order valence-electron chi connectivity index (χ1n) is 11.6. The molecule has 1 fully saturated rings. The maximum Gasteiger partial charge on any atom is 0.303 e. The molecule has 2 aromatic rings. The summed E-state index contributed by atoms with van der Waals surface area (Å²) in [5.74, 6) is -1.08. The van der Waals surface area contributed by atoms with Crippen LogP contribution in [0.2, 0.25) is 10.0 Å². The Morgan fingerprint density at radius 2 is 1.81 bits per heavy atom. The van der Waals surface area contributed by atoms with Gasteiger partial charge in [0.25, 0.3) is 5.91 Å². The van der Waals surface area contributed by atoms with Crippen molar-refractivity contribution in [1.82, 2.24) is 10.2 Å². The van der Waals surface area contributed by atoms with Gasteiger partial charge in [0.15, 0.2) is 0 Å². The second kappa shape index (κ2) is 13.7. The predicted octanol–water partition coefficient (Wildman–Crippen LogP) is 5.53. The molecule has 2 N–H and O–H groups in total. The summed E-state index contributed by atoms with van der Waals surface area (Å²) in [7, 11) is 1.60. The maximum absolute atomic E-state index is 13.1. The molecule has 0 aliphatic carbocycles. The number of para-hydroxylation sites is 1. The van der Waals surface area contributed by atoms with Crippen molar-refractivity contribution in [3.8, 4) is 5.75 Å². The van der Waals surface area contributed by atoms with Crippen LogP contribution >= 0.6 is 35.0 Å². The van der Waals surface area contributed by atoms with E-state index >= 15 is 0 Å². The topological polar surface area (TPSA) is 95.9 Å². The summed E-state index contributed by atoms with van der Waals surface area (Å²) in [5.41, 5.74) is 0.544. The average Bonchev–Trinajstić information content (AvgIpc) is 2.87. The number of piperidine rings is 1. The van der Waals surface area contributed by atoms with Gasteiger partial charge in [-0.2, -0.15) is 0 Å². The number of carboxylic acids is 1. The highest BCUT2D eigenvalue weighted by molar-refractivity contribution is 7.99. The molecule has 2 aromatic carbocycles. The lowest BCUT2D eigenvalue weighted by molar-refractivity contribution is -0.145. The van der Waals surface area contributed by atoms with E-state index in [4.69, 9.17) is 33.0 Å². The number of nitrogens with zero attached hydrogens (tertiary/aromatic N) is 1. The van der Waals surface area contributed by atoms with Gasteiger partial charge in [0.05, 0.1) is 22.1 Å². The van der Waals surface area contributed by atoms with Gasteiger partial charge in [0, 0.05) is 29.9 Å². The number of halogens is 2. The van der Waals surface area contributed by atoms with Gasteiger partial charge >= 0.3 is 5.97 Å². The molecule has 36 heavy (non-hydrogen) atoms. The Labute approximate surface area is 224 Å². The third-order valence-corrected chi connectivity index (χ3v) is 7.86. The minimum atomic E-state index is -0.971. The van der Waals surface area contributed by atoms with Crippen molar-refractivity contribution in [1.29, 1.82) is 0 Å². The smallest absolute Gasteiger partial charge is 0.303 e. The molecule has 0 atom stereocenters.